The van der Waals surface area contributed by atoms with Gasteiger partial charge in [0.2, 0.25) is 0 Å². The number of halogens is 1. The van der Waals surface area contributed by atoms with Gasteiger partial charge in [0.1, 0.15) is 11.0 Å². The van der Waals surface area contributed by atoms with Crippen LogP contribution in [0, 0.1) is 0 Å². The maximum atomic E-state index is 5.79. The van der Waals surface area contributed by atoms with Crippen molar-refractivity contribution in [2.24, 2.45) is 0 Å². The van der Waals surface area contributed by atoms with Gasteiger partial charge in [-0.25, -0.2) is 4.98 Å². The molecule has 3 nitrogen and oxygen atoms in total. The highest BCUT2D eigenvalue weighted by Gasteiger charge is 2.13. The second-order valence-electron chi connectivity index (χ2n) is 3.38. The van der Waals surface area contributed by atoms with E-state index in [1.807, 2.05) is 12.1 Å². The van der Waals surface area contributed by atoms with Crippen LogP contribution in [0.5, 0.6) is 0 Å². The highest BCUT2D eigenvalue weighted by molar-refractivity contribution is 6.29. The minimum absolute atomic E-state index is 0.467. The summed E-state index contributed by atoms with van der Waals surface area (Å²) >= 11 is 5.79. The van der Waals surface area contributed by atoms with Gasteiger partial charge >= 0.3 is 0 Å². The summed E-state index contributed by atoms with van der Waals surface area (Å²) in [6, 6.07) is 6.07. The Morgan fingerprint density at radius 2 is 2.14 bits per heavy atom. The summed E-state index contributed by atoms with van der Waals surface area (Å²) in [6.45, 7) is 1.66. The normalized spacial score (nSPS) is 18.1. The molecular weight excluding hydrogens is 200 g/mol. The lowest BCUT2D eigenvalue weighted by molar-refractivity contribution is 0.0904. The highest BCUT2D eigenvalue weighted by atomic mass is 35.5. The Hall–Kier alpha value is -0.800. The van der Waals surface area contributed by atoms with Crippen LogP contribution in [-0.2, 0) is 4.74 Å². The molecule has 1 aliphatic heterocycles. The molecule has 1 aromatic rings. The molecule has 0 spiro atoms. The number of hydrogen-bond donors (Lipinski definition) is 1. The fourth-order valence-electron chi connectivity index (χ4n) is 1.54. The van der Waals surface area contributed by atoms with Gasteiger partial charge in [-0.1, -0.05) is 17.7 Å². The number of pyridine rings is 1. The summed E-state index contributed by atoms with van der Waals surface area (Å²) in [5.41, 5.74) is 0. The minimum Gasteiger partial charge on any atom is -0.381 e. The van der Waals surface area contributed by atoms with Crippen molar-refractivity contribution in [3.63, 3.8) is 0 Å². The fourth-order valence-corrected chi connectivity index (χ4v) is 1.70. The molecule has 76 valence electrons. The number of anilines is 1. The second kappa shape index (κ2) is 4.62. The molecule has 1 aliphatic rings. The van der Waals surface area contributed by atoms with Crippen LogP contribution in [0.1, 0.15) is 12.8 Å². The van der Waals surface area contributed by atoms with E-state index in [0.717, 1.165) is 31.9 Å². The van der Waals surface area contributed by atoms with Gasteiger partial charge in [-0.15, -0.1) is 0 Å². The number of hydrogen-bond acceptors (Lipinski definition) is 3. The highest BCUT2D eigenvalue weighted by Crippen LogP contribution is 2.14. The molecule has 0 unspecified atom stereocenters. The Balaban J connectivity index is 1.95. The van der Waals surface area contributed by atoms with E-state index < -0.39 is 0 Å². The van der Waals surface area contributed by atoms with Crippen molar-refractivity contribution in [1.82, 2.24) is 4.98 Å². The van der Waals surface area contributed by atoms with Gasteiger partial charge in [0.05, 0.1) is 0 Å². The van der Waals surface area contributed by atoms with Crippen molar-refractivity contribution in [3.05, 3.63) is 23.4 Å². The number of aromatic nitrogens is 1. The van der Waals surface area contributed by atoms with Crippen molar-refractivity contribution in [3.8, 4) is 0 Å². The van der Waals surface area contributed by atoms with E-state index >= 15 is 0 Å². The Morgan fingerprint density at radius 3 is 2.86 bits per heavy atom. The summed E-state index contributed by atoms with van der Waals surface area (Å²) in [4.78, 5) is 4.18. The largest absolute Gasteiger partial charge is 0.381 e. The van der Waals surface area contributed by atoms with Crippen LogP contribution in [0.2, 0.25) is 5.15 Å². The third-order valence-corrected chi connectivity index (χ3v) is 2.50. The molecule has 14 heavy (non-hydrogen) atoms. The lowest BCUT2D eigenvalue weighted by atomic mass is 10.1. The van der Waals surface area contributed by atoms with Crippen molar-refractivity contribution in [2.45, 2.75) is 18.9 Å². The molecule has 0 aliphatic carbocycles. The summed E-state index contributed by atoms with van der Waals surface area (Å²) in [5, 5.41) is 3.88. The van der Waals surface area contributed by atoms with E-state index in [1.54, 1.807) is 6.07 Å². The fraction of sp³-hybridized carbons (Fsp3) is 0.500. The second-order valence-corrected chi connectivity index (χ2v) is 3.76. The SMILES string of the molecule is Clc1cccc(NC2CCOCC2)n1. The predicted molar refractivity (Wildman–Crippen MR) is 56.7 cm³/mol. The third-order valence-electron chi connectivity index (χ3n) is 2.29. The molecule has 2 rings (SSSR count). The van der Waals surface area contributed by atoms with Crippen LogP contribution in [-0.4, -0.2) is 24.2 Å². The Labute approximate surface area is 88.4 Å². The van der Waals surface area contributed by atoms with E-state index in [4.69, 9.17) is 16.3 Å². The molecule has 2 heterocycles. The van der Waals surface area contributed by atoms with Crippen molar-refractivity contribution >= 4 is 17.4 Å². The van der Waals surface area contributed by atoms with Gasteiger partial charge in [-0.2, -0.15) is 0 Å². The third kappa shape index (κ3) is 2.59. The first-order valence-corrected chi connectivity index (χ1v) is 5.19. The van der Waals surface area contributed by atoms with Crippen molar-refractivity contribution < 1.29 is 4.74 Å². The molecule has 1 saturated heterocycles. The first kappa shape index (κ1) is 9.74. The predicted octanol–water partition coefficient (Wildman–Crippen LogP) is 2.33. The average Bonchev–Trinajstić information content (AvgIpc) is 2.19. The standard InChI is InChI=1S/C10H13ClN2O/c11-9-2-1-3-10(13-9)12-8-4-6-14-7-5-8/h1-3,8H,4-7H2,(H,12,13). The van der Waals surface area contributed by atoms with Gasteiger partial charge in [-0.3, -0.25) is 0 Å². The Bertz CT molecular complexity index is 300. The molecule has 0 radical (unpaired) electrons. The van der Waals surface area contributed by atoms with Gasteiger partial charge < -0.3 is 10.1 Å². The zero-order chi connectivity index (χ0) is 9.80. The summed E-state index contributed by atoms with van der Waals surface area (Å²) in [5.74, 6) is 0.851. The van der Waals surface area contributed by atoms with Crippen LogP contribution >= 0.6 is 11.6 Å². The van der Waals surface area contributed by atoms with Crippen molar-refractivity contribution in [2.75, 3.05) is 18.5 Å². The molecule has 1 fully saturated rings. The van der Waals surface area contributed by atoms with Crippen LogP contribution in [0.4, 0.5) is 5.82 Å². The molecular formula is C10H13ClN2O. The molecule has 0 aromatic carbocycles. The van der Waals surface area contributed by atoms with Crippen molar-refractivity contribution in [1.29, 1.82) is 0 Å². The quantitative estimate of drug-likeness (QED) is 0.765. The topological polar surface area (TPSA) is 34.1 Å². The van der Waals surface area contributed by atoms with E-state index in [9.17, 15) is 0 Å². The van der Waals surface area contributed by atoms with Gasteiger partial charge in [0.15, 0.2) is 0 Å². The summed E-state index contributed by atoms with van der Waals surface area (Å²) in [6.07, 6.45) is 2.07. The van der Waals surface area contributed by atoms with Gasteiger partial charge in [0.25, 0.3) is 0 Å². The molecule has 0 saturated carbocycles. The maximum Gasteiger partial charge on any atom is 0.131 e. The number of nitrogens with zero attached hydrogens (tertiary/aromatic N) is 1. The molecule has 0 amide bonds. The van der Waals surface area contributed by atoms with E-state index in [0.29, 0.717) is 11.2 Å². The van der Waals surface area contributed by atoms with E-state index in [-0.39, 0.29) is 0 Å². The molecule has 1 N–H and O–H groups in total. The number of ether oxygens (including phenoxy) is 1. The van der Waals surface area contributed by atoms with Crippen LogP contribution in [0.3, 0.4) is 0 Å². The summed E-state index contributed by atoms with van der Waals surface area (Å²) < 4.78 is 5.27. The molecule has 0 atom stereocenters. The van der Waals surface area contributed by atoms with Gasteiger partial charge in [0, 0.05) is 19.3 Å². The van der Waals surface area contributed by atoms with Crippen LogP contribution in [0.25, 0.3) is 0 Å². The van der Waals surface area contributed by atoms with Crippen LogP contribution in [0.15, 0.2) is 18.2 Å². The molecule has 0 bridgehead atoms. The zero-order valence-electron chi connectivity index (χ0n) is 7.87. The first-order valence-electron chi connectivity index (χ1n) is 4.81. The lowest BCUT2D eigenvalue weighted by Crippen LogP contribution is -2.28. The smallest absolute Gasteiger partial charge is 0.131 e. The zero-order valence-corrected chi connectivity index (χ0v) is 8.63. The minimum atomic E-state index is 0.467. The number of nitrogens with one attached hydrogen (secondary N) is 1. The van der Waals surface area contributed by atoms with Crippen LogP contribution < -0.4 is 5.32 Å². The summed E-state index contributed by atoms with van der Waals surface area (Å²) in [7, 11) is 0. The Kier molecular flexibility index (Phi) is 3.22. The number of rotatable bonds is 2. The van der Waals surface area contributed by atoms with E-state index in [1.165, 1.54) is 0 Å². The lowest BCUT2D eigenvalue weighted by Gasteiger charge is -2.23. The molecule has 4 heteroatoms. The Morgan fingerprint density at radius 1 is 1.36 bits per heavy atom. The van der Waals surface area contributed by atoms with E-state index in [2.05, 4.69) is 10.3 Å². The monoisotopic (exact) mass is 212 g/mol. The first-order chi connectivity index (χ1) is 6.84. The van der Waals surface area contributed by atoms with Gasteiger partial charge in [-0.05, 0) is 25.0 Å². The molecule has 1 aromatic heterocycles. The maximum absolute atomic E-state index is 5.79. The average molecular weight is 213 g/mol.